The van der Waals surface area contributed by atoms with Gasteiger partial charge in [0.25, 0.3) is 0 Å². The fraction of sp³-hybridized carbons (Fsp3) is 0.192. The van der Waals surface area contributed by atoms with Crippen LogP contribution in [-0.2, 0) is 19.1 Å². The Bertz CT molecular complexity index is 1390. The van der Waals surface area contributed by atoms with Gasteiger partial charge in [-0.25, -0.2) is 4.79 Å². The Hall–Kier alpha value is -3.74. The lowest BCUT2D eigenvalue weighted by molar-refractivity contribution is -0.137. The first-order valence-electron chi connectivity index (χ1n) is 10.5. The van der Waals surface area contributed by atoms with E-state index in [1.807, 2.05) is 49.4 Å². The van der Waals surface area contributed by atoms with Gasteiger partial charge >= 0.3 is 11.8 Å². The van der Waals surface area contributed by atoms with Crippen LogP contribution >= 0.6 is 0 Å². The zero-order chi connectivity index (χ0) is 23.2. The molecule has 0 bridgehead atoms. The highest BCUT2D eigenvalue weighted by molar-refractivity contribution is 5.86. The molecular formula is C26H20F3NO3. The minimum atomic E-state index is -4.43. The van der Waals surface area contributed by atoms with E-state index in [1.54, 1.807) is 11.0 Å². The van der Waals surface area contributed by atoms with Gasteiger partial charge in [-0.1, -0.05) is 36.4 Å². The Morgan fingerprint density at radius 3 is 2.55 bits per heavy atom. The van der Waals surface area contributed by atoms with Crippen molar-refractivity contribution in [2.45, 2.75) is 26.1 Å². The smallest absolute Gasteiger partial charge is 0.416 e. The van der Waals surface area contributed by atoms with Crippen LogP contribution in [-0.4, -0.2) is 6.73 Å². The Morgan fingerprint density at radius 2 is 1.79 bits per heavy atom. The van der Waals surface area contributed by atoms with Crippen LogP contribution in [0.1, 0.15) is 27.8 Å². The van der Waals surface area contributed by atoms with Crippen LogP contribution in [0.5, 0.6) is 5.75 Å². The maximum Gasteiger partial charge on any atom is 0.416 e. The number of hydrogen-bond donors (Lipinski definition) is 0. The van der Waals surface area contributed by atoms with Crippen molar-refractivity contribution in [3.8, 4) is 5.75 Å². The average molecular weight is 451 g/mol. The van der Waals surface area contributed by atoms with Gasteiger partial charge < -0.3 is 14.1 Å². The summed E-state index contributed by atoms with van der Waals surface area (Å²) in [5.74, 6) is 0.559. The minimum absolute atomic E-state index is 0.0924. The van der Waals surface area contributed by atoms with E-state index < -0.39 is 17.4 Å². The first-order chi connectivity index (χ1) is 15.8. The Kier molecular flexibility index (Phi) is 5.12. The molecule has 168 valence electrons. The predicted molar refractivity (Wildman–Crippen MR) is 120 cm³/mol. The SMILES string of the molecule is Cc1c(Cc2ccccc2)c(=O)oc2c3c(ccc12)OCN(c1cccc(C(F)(F)F)c1)C3. The van der Waals surface area contributed by atoms with Gasteiger partial charge in [-0.3, -0.25) is 0 Å². The van der Waals surface area contributed by atoms with E-state index in [0.29, 0.717) is 34.6 Å². The van der Waals surface area contributed by atoms with Gasteiger partial charge in [-0.15, -0.1) is 0 Å². The number of fused-ring (bicyclic) bond motifs is 3. The quantitative estimate of drug-likeness (QED) is 0.355. The molecule has 2 heterocycles. The van der Waals surface area contributed by atoms with Crippen molar-refractivity contribution in [1.82, 2.24) is 0 Å². The number of aryl methyl sites for hydroxylation is 1. The van der Waals surface area contributed by atoms with Crippen molar-refractivity contribution in [2.24, 2.45) is 0 Å². The average Bonchev–Trinajstić information content (AvgIpc) is 2.81. The van der Waals surface area contributed by atoms with Crippen LogP contribution in [0.15, 0.2) is 75.9 Å². The van der Waals surface area contributed by atoms with Crippen molar-refractivity contribution < 1.29 is 22.3 Å². The topological polar surface area (TPSA) is 42.7 Å². The van der Waals surface area contributed by atoms with Crippen LogP contribution < -0.4 is 15.3 Å². The first kappa shape index (κ1) is 21.1. The molecule has 0 aliphatic carbocycles. The summed E-state index contributed by atoms with van der Waals surface area (Å²) >= 11 is 0. The highest BCUT2D eigenvalue weighted by Crippen LogP contribution is 2.37. The minimum Gasteiger partial charge on any atom is -0.473 e. The third-order valence-corrected chi connectivity index (χ3v) is 6.00. The maximum absolute atomic E-state index is 13.2. The summed E-state index contributed by atoms with van der Waals surface area (Å²) in [7, 11) is 0. The molecular weight excluding hydrogens is 431 g/mol. The van der Waals surface area contributed by atoms with Gasteiger partial charge in [0.05, 0.1) is 17.7 Å². The summed E-state index contributed by atoms with van der Waals surface area (Å²) in [6.07, 6.45) is -3.98. The van der Waals surface area contributed by atoms with Crippen molar-refractivity contribution >= 4 is 16.7 Å². The van der Waals surface area contributed by atoms with E-state index in [9.17, 15) is 18.0 Å². The van der Waals surface area contributed by atoms with E-state index >= 15 is 0 Å². The summed E-state index contributed by atoms with van der Waals surface area (Å²) in [5.41, 5.74) is 2.69. The molecule has 1 aliphatic heterocycles. The van der Waals surface area contributed by atoms with E-state index in [4.69, 9.17) is 9.15 Å². The molecule has 5 rings (SSSR count). The first-order valence-corrected chi connectivity index (χ1v) is 10.5. The number of ether oxygens (including phenoxy) is 1. The monoisotopic (exact) mass is 451 g/mol. The lowest BCUT2D eigenvalue weighted by atomic mass is 9.97. The number of anilines is 1. The molecule has 33 heavy (non-hydrogen) atoms. The molecule has 0 atom stereocenters. The van der Waals surface area contributed by atoms with Crippen molar-refractivity contribution in [3.63, 3.8) is 0 Å². The molecule has 0 spiro atoms. The highest BCUT2D eigenvalue weighted by atomic mass is 19.4. The zero-order valence-corrected chi connectivity index (χ0v) is 17.8. The van der Waals surface area contributed by atoms with Gasteiger partial charge in [-0.2, -0.15) is 13.2 Å². The fourth-order valence-corrected chi connectivity index (χ4v) is 4.21. The fourth-order valence-electron chi connectivity index (χ4n) is 4.21. The Morgan fingerprint density at radius 1 is 1.00 bits per heavy atom. The molecule has 0 amide bonds. The number of nitrogens with zero attached hydrogens (tertiary/aromatic N) is 1. The summed E-state index contributed by atoms with van der Waals surface area (Å²) < 4.78 is 51.1. The number of halogens is 3. The van der Waals surface area contributed by atoms with Crippen molar-refractivity contribution in [2.75, 3.05) is 11.6 Å². The third-order valence-electron chi connectivity index (χ3n) is 6.00. The highest BCUT2D eigenvalue weighted by Gasteiger charge is 2.31. The largest absolute Gasteiger partial charge is 0.473 e. The second kappa shape index (κ2) is 7.99. The molecule has 0 fully saturated rings. The van der Waals surface area contributed by atoms with Gasteiger partial charge in [-0.05, 0) is 48.4 Å². The van der Waals surface area contributed by atoms with E-state index in [0.717, 1.165) is 28.6 Å². The molecule has 0 unspecified atom stereocenters. The third kappa shape index (κ3) is 3.95. The molecule has 7 heteroatoms. The molecule has 3 aromatic carbocycles. The summed E-state index contributed by atoms with van der Waals surface area (Å²) in [6, 6.07) is 18.5. The van der Waals surface area contributed by atoms with Crippen LogP contribution in [0.3, 0.4) is 0 Å². The van der Waals surface area contributed by atoms with E-state index in [1.165, 1.54) is 6.07 Å². The number of rotatable bonds is 3. The zero-order valence-electron chi connectivity index (χ0n) is 17.8. The van der Waals surface area contributed by atoms with Crippen LogP contribution in [0.25, 0.3) is 11.0 Å². The molecule has 0 saturated carbocycles. The molecule has 0 saturated heterocycles. The maximum atomic E-state index is 13.2. The Labute approximate surface area is 187 Å². The second-order valence-electron chi connectivity index (χ2n) is 8.09. The van der Waals surface area contributed by atoms with Crippen LogP contribution in [0, 0.1) is 6.92 Å². The van der Waals surface area contributed by atoms with Gasteiger partial charge in [0.15, 0.2) is 6.73 Å². The van der Waals surface area contributed by atoms with Crippen molar-refractivity contribution in [1.29, 1.82) is 0 Å². The Balaban J connectivity index is 1.55. The lowest BCUT2D eigenvalue weighted by Crippen LogP contribution is -2.32. The molecule has 0 radical (unpaired) electrons. The van der Waals surface area contributed by atoms with Crippen LogP contribution in [0.4, 0.5) is 18.9 Å². The molecule has 0 N–H and O–H groups in total. The number of benzene rings is 3. The van der Waals surface area contributed by atoms with Crippen molar-refractivity contribution in [3.05, 3.63) is 105 Å². The van der Waals surface area contributed by atoms with Gasteiger partial charge in [0.2, 0.25) is 0 Å². The lowest BCUT2D eigenvalue weighted by Gasteiger charge is -2.31. The predicted octanol–water partition coefficient (Wildman–Crippen LogP) is 6.07. The van der Waals surface area contributed by atoms with Gasteiger partial charge in [0, 0.05) is 23.1 Å². The molecule has 4 nitrogen and oxygen atoms in total. The normalized spacial score (nSPS) is 13.6. The number of alkyl halides is 3. The summed E-state index contributed by atoms with van der Waals surface area (Å²) in [6.45, 7) is 2.24. The van der Waals surface area contributed by atoms with E-state index in [2.05, 4.69) is 0 Å². The number of hydrogen-bond acceptors (Lipinski definition) is 4. The molecule has 1 aromatic heterocycles. The van der Waals surface area contributed by atoms with E-state index in [-0.39, 0.29) is 13.3 Å². The molecule has 4 aromatic rings. The summed E-state index contributed by atoms with van der Waals surface area (Å²) in [5, 5.41) is 0.786. The van der Waals surface area contributed by atoms with Gasteiger partial charge in [0.1, 0.15) is 11.3 Å². The van der Waals surface area contributed by atoms with Crippen LogP contribution in [0.2, 0.25) is 0 Å². The molecule has 1 aliphatic rings. The second-order valence-corrected chi connectivity index (χ2v) is 8.09. The standard InChI is InChI=1S/C26H20F3NO3/c1-16-20-10-11-23-22(24(20)33-25(31)21(16)12-17-6-3-2-4-7-17)14-30(15-32-23)19-9-5-8-18(13-19)26(27,28)29/h2-11,13H,12,14-15H2,1H3. The summed E-state index contributed by atoms with van der Waals surface area (Å²) in [4.78, 5) is 14.6.